The first kappa shape index (κ1) is 26.9. The zero-order valence-electron chi connectivity index (χ0n) is 17.5. The number of rotatable bonds is 19. The van der Waals surface area contributed by atoms with Crippen LogP contribution in [0.1, 0.15) is 96.8 Å². The zero-order chi connectivity index (χ0) is 22.0. The highest BCUT2D eigenvalue weighted by Gasteiger charge is 2.59. The van der Waals surface area contributed by atoms with Crippen LogP contribution in [0.2, 0.25) is 0 Å². The number of nitrogens with zero attached hydrogens (tertiary/aromatic N) is 2. The van der Waals surface area contributed by atoms with Crippen molar-refractivity contribution >= 4 is 5.97 Å². The van der Waals surface area contributed by atoms with E-state index in [0.29, 0.717) is 6.42 Å². The minimum Gasteiger partial charge on any atom is -0.446 e. The van der Waals surface area contributed by atoms with Crippen LogP contribution in [0.25, 0.3) is 0 Å². The number of hydrogen-bond acceptors (Lipinski definition) is 6. The molecule has 0 saturated heterocycles. The molecule has 0 saturated carbocycles. The molecule has 9 heteroatoms. The van der Waals surface area contributed by atoms with Crippen LogP contribution >= 0.6 is 0 Å². The molecule has 0 N–H and O–H groups in total. The monoisotopic (exact) mass is 418 g/mol. The van der Waals surface area contributed by atoms with Gasteiger partial charge in [0.15, 0.2) is 0 Å². The van der Waals surface area contributed by atoms with Crippen LogP contribution in [0.5, 0.6) is 0 Å². The van der Waals surface area contributed by atoms with E-state index in [0.717, 1.165) is 38.5 Å². The molecule has 29 heavy (non-hydrogen) atoms. The van der Waals surface area contributed by atoms with Gasteiger partial charge in [0.25, 0.3) is 6.61 Å². The molecule has 0 aliphatic carbocycles. The minimum absolute atomic E-state index is 0.0380. The van der Waals surface area contributed by atoms with Crippen molar-refractivity contribution in [3.05, 3.63) is 32.4 Å². The van der Waals surface area contributed by atoms with Crippen molar-refractivity contribution in [3.8, 4) is 0 Å². The van der Waals surface area contributed by atoms with Crippen molar-refractivity contribution in [3.63, 3.8) is 0 Å². The summed E-state index contributed by atoms with van der Waals surface area (Å²) >= 11 is 0. The number of halogens is 1. The van der Waals surface area contributed by atoms with E-state index in [2.05, 4.69) is 23.8 Å². The van der Waals surface area contributed by atoms with Crippen LogP contribution in [-0.4, -0.2) is 28.3 Å². The average molecular weight is 419 g/mol. The van der Waals surface area contributed by atoms with E-state index < -0.39 is 28.3 Å². The predicted octanol–water partition coefficient (Wildman–Crippen LogP) is 5.74. The van der Waals surface area contributed by atoms with Gasteiger partial charge in [-0.25, -0.2) is 0 Å². The van der Waals surface area contributed by atoms with Crippen molar-refractivity contribution in [2.45, 2.75) is 103 Å². The van der Waals surface area contributed by atoms with E-state index in [4.69, 9.17) is 0 Å². The molecule has 0 aromatic carbocycles. The maximum Gasteiger partial charge on any atom is 0.648 e. The predicted molar refractivity (Wildman–Crippen MR) is 108 cm³/mol. The van der Waals surface area contributed by atoms with Crippen LogP contribution in [0, 0.1) is 20.2 Å². The summed E-state index contributed by atoms with van der Waals surface area (Å²) in [6.07, 6.45) is 18.8. The Bertz CT molecular complexity index is 499. The van der Waals surface area contributed by atoms with Gasteiger partial charge in [-0.1, -0.05) is 74.8 Å². The summed E-state index contributed by atoms with van der Waals surface area (Å²) in [6, 6.07) is 0. The molecule has 0 fully saturated rings. The number of carbonyl (C=O) groups is 1. The zero-order valence-corrected chi connectivity index (χ0v) is 17.5. The second-order valence-corrected chi connectivity index (χ2v) is 7.23. The normalized spacial score (nSPS) is 11.7. The molecule has 168 valence electrons. The van der Waals surface area contributed by atoms with Crippen molar-refractivity contribution in [2.75, 3.05) is 6.61 Å². The number of nitro groups is 2. The van der Waals surface area contributed by atoms with Gasteiger partial charge in [-0.3, -0.25) is 25.0 Å². The average Bonchev–Trinajstić information content (AvgIpc) is 2.68. The largest absolute Gasteiger partial charge is 0.648 e. The first-order chi connectivity index (χ1) is 13.8. The van der Waals surface area contributed by atoms with Gasteiger partial charge in [0.05, 0.1) is 0 Å². The second-order valence-electron chi connectivity index (χ2n) is 7.23. The Labute approximate surface area is 172 Å². The minimum atomic E-state index is -3.99. The number of ether oxygens (including phenoxy) is 1. The molecule has 0 heterocycles. The number of carbonyl (C=O) groups excluding carboxylic acids is 1. The van der Waals surface area contributed by atoms with Crippen LogP contribution in [-0.2, 0) is 9.53 Å². The van der Waals surface area contributed by atoms with Gasteiger partial charge < -0.3 is 4.74 Å². The highest BCUT2D eigenvalue weighted by molar-refractivity contribution is 5.69. The molecule has 0 bridgehead atoms. The molecule has 0 aromatic rings. The Morgan fingerprint density at radius 1 is 0.862 bits per heavy atom. The third-order valence-corrected chi connectivity index (χ3v) is 4.62. The summed E-state index contributed by atoms with van der Waals surface area (Å²) in [4.78, 5) is 28.8. The molecule has 0 amide bonds. The summed E-state index contributed by atoms with van der Waals surface area (Å²) in [5.74, 6) is -4.86. The fraction of sp³-hybridized carbons (Fsp3) is 0.850. The third-order valence-electron chi connectivity index (χ3n) is 4.62. The van der Waals surface area contributed by atoms with Gasteiger partial charge in [0, 0.05) is 6.42 Å². The Morgan fingerprint density at radius 2 is 1.31 bits per heavy atom. The van der Waals surface area contributed by atoms with Crippen LogP contribution < -0.4 is 0 Å². The van der Waals surface area contributed by atoms with E-state index >= 15 is 0 Å². The Hall–Kier alpha value is -2.06. The quantitative estimate of drug-likeness (QED) is 0.0502. The van der Waals surface area contributed by atoms with Crippen molar-refractivity contribution < 1.29 is 23.8 Å². The lowest BCUT2D eigenvalue weighted by atomic mass is 10.1. The number of esters is 1. The summed E-state index contributed by atoms with van der Waals surface area (Å²) < 4.78 is 17.8. The van der Waals surface area contributed by atoms with E-state index in [9.17, 15) is 29.4 Å². The molecule has 0 aliphatic rings. The first-order valence-electron chi connectivity index (χ1n) is 10.6. The molecule has 0 unspecified atom stereocenters. The fourth-order valence-electron chi connectivity index (χ4n) is 2.76. The summed E-state index contributed by atoms with van der Waals surface area (Å²) in [5.41, 5.74) is 0. The molecule has 0 radical (unpaired) electrons. The van der Waals surface area contributed by atoms with E-state index in [1.807, 2.05) is 0 Å². The summed E-state index contributed by atoms with van der Waals surface area (Å²) in [7, 11) is 0. The number of alkyl halides is 1. The molecule has 0 aromatic heterocycles. The lowest BCUT2D eigenvalue weighted by molar-refractivity contribution is -0.832. The highest BCUT2D eigenvalue weighted by atomic mass is 19.2. The number of unbranched alkanes of at least 4 members (excludes halogenated alkanes) is 11. The molecular weight excluding hydrogens is 383 g/mol. The lowest BCUT2D eigenvalue weighted by Crippen LogP contribution is -2.46. The maximum absolute atomic E-state index is 13.4. The van der Waals surface area contributed by atoms with E-state index in [1.165, 1.54) is 38.5 Å². The van der Waals surface area contributed by atoms with Gasteiger partial charge in [-0.05, 0) is 32.1 Å². The lowest BCUT2D eigenvalue weighted by Gasteiger charge is -2.08. The van der Waals surface area contributed by atoms with Crippen LogP contribution in [0.4, 0.5) is 4.39 Å². The van der Waals surface area contributed by atoms with Gasteiger partial charge >= 0.3 is 11.9 Å². The van der Waals surface area contributed by atoms with E-state index in [-0.39, 0.29) is 6.42 Å². The molecule has 0 spiro atoms. The van der Waals surface area contributed by atoms with Gasteiger partial charge in [-0.15, -0.1) is 0 Å². The molecule has 0 aliphatic heterocycles. The summed E-state index contributed by atoms with van der Waals surface area (Å²) in [6.45, 7) is 0.702. The molecule has 0 atom stereocenters. The standard InChI is InChI=1S/C20H35FN2O6/c1-2-3-4-5-6-7-8-9-10-11-12-13-14-15-16-17-19(24)29-18-20(21,22(25)26)23(27)28/h9-10H,2-8,11-18H2,1H3. The first-order valence-corrected chi connectivity index (χ1v) is 10.6. The van der Waals surface area contributed by atoms with Crippen molar-refractivity contribution in [1.82, 2.24) is 0 Å². The highest BCUT2D eigenvalue weighted by Crippen LogP contribution is 2.15. The summed E-state index contributed by atoms with van der Waals surface area (Å²) in [5, 5.41) is 20.8. The Kier molecular flexibility index (Phi) is 15.7. The fourth-order valence-corrected chi connectivity index (χ4v) is 2.76. The Morgan fingerprint density at radius 3 is 1.79 bits per heavy atom. The number of allylic oxidation sites excluding steroid dienone is 2. The molecule has 0 rings (SSSR count). The smallest absolute Gasteiger partial charge is 0.446 e. The molecular formula is C20H35FN2O6. The van der Waals surface area contributed by atoms with Gasteiger partial charge in [-0.2, -0.15) is 0 Å². The topological polar surface area (TPSA) is 113 Å². The third kappa shape index (κ3) is 13.7. The maximum atomic E-state index is 13.4. The van der Waals surface area contributed by atoms with Crippen LogP contribution in [0.3, 0.4) is 0 Å². The van der Waals surface area contributed by atoms with Crippen molar-refractivity contribution in [1.29, 1.82) is 0 Å². The number of hydrogen-bond donors (Lipinski definition) is 0. The second kappa shape index (κ2) is 16.9. The van der Waals surface area contributed by atoms with Gasteiger partial charge in [0.1, 0.15) is 9.85 Å². The van der Waals surface area contributed by atoms with Crippen LogP contribution in [0.15, 0.2) is 12.2 Å². The Balaban J connectivity index is 3.56. The SMILES string of the molecule is CCCCCCCCC=CCCCCCCCC(=O)OCC(F)([N+](=O)[O-])[N+](=O)[O-]. The van der Waals surface area contributed by atoms with E-state index in [1.54, 1.807) is 0 Å². The molecule has 8 nitrogen and oxygen atoms in total. The van der Waals surface area contributed by atoms with Crippen molar-refractivity contribution in [2.24, 2.45) is 0 Å². The van der Waals surface area contributed by atoms with Gasteiger partial charge in [0.2, 0.25) is 0 Å².